The van der Waals surface area contributed by atoms with Crippen molar-refractivity contribution in [3.8, 4) is 0 Å². The molecule has 33 heavy (non-hydrogen) atoms. The fraction of sp³-hybridized carbons (Fsp3) is 0.273. The fourth-order valence-corrected chi connectivity index (χ4v) is 4.43. The summed E-state index contributed by atoms with van der Waals surface area (Å²) in [7, 11) is -3.48. The van der Waals surface area contributed by atoms with E-state index in [0.29, 0.717) is 30.8 Å². The standard InChI is InChI=1S/C22H23ClFN5O3S/c1-22(24)12-29(13-22)20-4-3-16(26-11-20)8-17-5-14(10-25-17)21(30)27-18-6-15(23)7-19(9-18)28-33(2,31)32/h3-7,9-11,25,28H,8,12-13H2,1-2H3,(H,27,30). The minimum atomic E-state index is -3.48. The van der Waals surface area contributed by atoms with Crippen LogP contribution >= 0.6 is 11.6 Å². The number of benzene rings is 1. The molecule has 1 saturated heterocycles. The number of anilines is 3. The summed E-state index contributed by atoms with van der Waals surface area (Å²) >= 11 is 6.04. The molecule has 1 amide bonds. The molecule has 4 rings (SSSR count). The van der Waals surface area contributed by atoms with Crippen molar-refractivity contribution in [2.24, 2.45) is 0 Å². The quantitative estimate of drug-likeness (QED) is 0.465. The summed E-state index contributed by atoms with van der Waals surface area (Å²) in [6.45, 7) is 2.31. The van der Waals surface area contributed by atoms with Crippen LogP contribution in [0.1, 0.15) is 28.7 Å². The summed E-state index contributed by atoms with van der Waals surface area (Å²) in [6, 6.07) is 9.96. The molecule has 1 aliphatic heterocycles. The SMILES string of the molecule is CC1(F)CN(c2ccc(Cc3cc(C(=O)Nc4cc(Cl)cc(NS(C)(=O)=O)c4)c[nH]3)nc2)C1. The summed E-state index contributed by atoms with van der Waals surface area (Å²) in [5.74, 6) is -0.375. The molecule has 0 bridgehead atoms. The molecular formula is C22H23ClFN5O3S. The number of nitrogens with one attached hydrogen (secondary N) is 3. The minimum Gasteiger partial charge on any atom is -0.364 e. The van der Waals surface area contributed by atoms with Gasteiger partial charge in [-0.1, -0.05) is 11.6 Å². The smallest absolute Gasteiger partial charge is 0.257 e. The molecule has 0 radical (unpaired) electrons. The van der Waals surface area contributed by atoms with E-state index in [1.807, 2.05) is 17.0 Å². The van der Waals surface area contributed by atoms with Crippen LogP contribution in [0.15, 0.2) is 48.8 Å². The number of pyridine rings is 1. The third-order valence-electron chi connectivity index (χ3n) is 5.05. The average molecular weight is 492 g/mol. The number of halogens is 2. The van der Waals surface area contributed by atoms with Gasteiger partial charge in [0.2, 0.25) is 10.0 Å². The topological polar surface area (TPSA) is 107 Å². The Hall–Kier alpha value is -3.11. The van der Waals surface area contributed by atoms with Crippen LogP contribution in [0.5, 0.6) is 0 Å². The van der Waals surface area contributed by atoms with E-state index in [9.17, 15) is 17.6 Å². The van der Waals surface area contributed by atoms with Crippen molar-refractivity contribution in [2.45, 2.75) is 19.0 Å². The molecule has 0 spiro atoms. The van der Waals surface area contributed by atoms with Gasteiger partial charge in [0.15, 0.2) is 0 Å². The Morgan fingerprint density at radius 3 is 2.61 bits per heavy atom. The largest absolute Gasteiger partial charge is 0.364 e. The van der Waals surface area contributed by atoms with Gasteiger partial charge < -0.3 is 15.2 Å². The van der Waals surface area contributed by atoms with E-state index in [0.717, 1.165) is 23.3 Å². The number of aromatic amines is 1. The molecule has 2 aromatic heterocycles. The minimum absolute atomic E-state index is 0.249. The van der Waals surface area contributed by atoms with Crippen LogP contribution in [-0.4, -0.2) is 49.3 Å². The van der Waals surface area contributed by atoms with Gasteiger partial charge in [-0.05, 0) is 43.3 Å². The highest BCUT2D eigenvalue weighted by Crippen LogP contribution is 2.30. The highest BCUT2D eigenvalue weighted by Gasteiger charge is 2.38. The molecule has 3 N–H and O–H groups in total. The van der Waals surface area contributed by atoms with Crippen molar-refractivity contribution in [1.29, 1.82) is 0 Å². The summed E-state index contributed by atoms with van der Waals surface area (Å²) < 4.78 is 38.9. The molecule has 0 aliphatic carbocycles. The number of carbonyl (C=O) groups excluding carboxylic acids is 1. The van der Waals surface area contributed by atoms with E-state index in [-0.39, 0.29) is 16.6 Å². The molecule has 8 nitrogen and oxygen atoms in total. The van der Waals surface area contributed by atoms with Gasteiger partial charge in [0.05, 0.1) is 42.5 Å². The Balaban J connectivity index is 1.39. The average Bonchev–Trinajstić information content (AvgIpc) is 3.13. The van der Waals surface area contributed by atoms with E-state index in [4.69, 9.17) is 11.6 Å². The summed E-state index contributed by atoms with van der Waals surface area (Å²) in [6.07, 6.45) is 4.83. The molecule has 11 heteroatoms. The first-order chi connectivity index (χ1) is 15.5. The number of sulfonamides is 1. The van der Waals surface area contributed by atoms with Crippen molar-refractivity contribution in [3.63, 3.8) is 0 Å². The van der Waals surface area contributed by atoms with Crippen molar-refractivity contribution in [2.75, 3.05) is 34.3 Å². The zero-order valence-corrected chi connectivity index (χ0v) is 19.6. The highest BCUT2D eigenvalue weighted by molar-refractivity contribution is 7.92. The monoisotopic (exact) mass is 491 g/mol. The van der Waals surface area contributed by atoms with E-state index >= 15 is 0 Å². The summed E-state index contributed by atoms with van der Waals surface area (Å²) in [4.78, 5) is 22.1. The number of aromatic nitrogens is 2. The van der Waals surface area contributed by atoms with Crippen LogP contribution in [0.2, 0.25) is 5.02 Å². The van der Waals surface area contributed by atoms with Gasteiger partial charge in [0.25, 0.3) is 5.91 Å². The van der Waals surface area contributed by atoms with Crippen LogP contribution in [0, 0.1) is 0 Å². The number of amides is 1. The maximum absolute atomic E-state index is 13.7. The second-order valence-corrected chi connectivity index (χ2v) is 10.6. The van der Waals surface area contributed by atoms with Crippen LogP contribution in [-0.2, 0) is 16.4 Å². The van der Waals surface area contributed by atoms with E-state index in [2.05, 4.69) is 20.0 Å². The number of hydrogen-bond acceptors (Lipinski definition) is 5. The molecule has 0 unspecified atom stereocenters. The van der Waals surface area contributed by atoms with Gasteiger partial charge in [0, 0.05) is 34.7 Å². The van der Waals surface area contributed by atoms with Gasteiger partial charge in [-0.25, -0.2) is 12.8 Å². The normalized spacial score (nSPS) is 15.1. The van der Waals surface area contributed by atoms with Crippen molar-refractivity contribution < 1.29 is 17.6 Å². The van der Waals surface area contributed by atoms with Gasteiger partial charge in [0.1, 0.15) is 5.67 Å². The van der Waals surface area contributed by atoms with Gasteiger partial charge in [-0.3, -0.25) is 14.5 Å². The van der Waals surface area contributed by atoms with E-state index in [1.165, 1.54) is 18.2 Å². The fourth-order valence-electron chi connectivity index (χ4n) is 3.65. The molecule has 0 atom stereocenters. The number of H-pyrrole nitrogens is 1. The van der Waals surface area contributed by atoms with E-state index < -0.39 is 15.7 Å². The molecular weight excluding hydrogens is 469 g/mol. The maximum Gasteiger partial charge on any atom is 0.257 e. The Labute approximate surface area is 196 Å². The maximum atomic E-state index is 13.7. The zero-order chi connectivity index (χ0) is 23.8. The second kappa shape index (κ2) is 8.68. The second-order valence-electron chi connectivity index (χ2n) is 8.42. The molecule has 174 valence electrons. The van der Waals surface area contributed by atoms with Crippen LogP contribution in [0.25, 0.3) is 0 Å². The predicted octanol–water partition coefficient (Wildman–Crippen LogP) is 3.83. The number of alkyl halides is 1. The Morgan fingerprint density at radius 1 is 1.24 bits per heavy atom. The lowest BCUT2D eigenvalue weighted by molar-refractivity contribution is 0.102. The predicted molar refractivity (Wildman–Crippen MR) is 127 cm³/mol. The summed E-state index contributed by atoms with van der Waals surface area (Å²) in [5, 5.41) is 2.99. The summed E-state index contributed by atoms with van der Waals surface area (Å²) in [5.41, 5.74) is 2.35. The number of rotatable bonds is 7. The Morgan fingerprint density at radius 2 is 1.97 bits per heavy atom. The molecule has 1 fully saturated rings. The third-order valence-corrected chi connectivity index (χ3v) is 5.88. The van der Waals surface area contributed by atoms with Crippen LogP contribution in [0.4, 0.5) is 21.5 Å². The lowest BCUT2D eigenvalue weighted by atomic mass is 9.98. The first-order valence-electron chi connectivity index (χ1n) is 10.1. The van der Waals surface area contributed by atoms with Crippen molar-refractivity contribution in [3.05, 3.63) is 70.8 Å². The lowest BCUT2D eigenvalue weighted by Gasteiger charge is -2.43. The molecule has 1 aromatic carbocycles. The molecule has 3 heterocycles. The third kappa shape index (κ3) is 6.02. The number of carbonyl (C=O) groups is 1. The lowest BCUT2D eigenvalue weighted by Crippen LogP contribution is -2.57. The van der Waals surface area contributed by atoms with Crippen molar-refractivity contribution in [1.82, 2.24) is 9.97 Å². The van der Waals surface area contributed by atoms with Gasteiger partial charge >= 0.3 is 0 Å². The molecule has 3 aromatic rings. The van der Waals surface area contributed by atoms with Crippen molar-refractivity contribution >= 4 is 44.6 Å². The first kappa shape index (κ1) is 23.1. The van der Waals surface area contributed by atoms with E-state index in [1.54, 1.807) is 25.4 Å². The van der Waals surface area contributed by atoms with Gasteiger partial charge in [-0.15, -0.1) is 0 Å². The highest BCUT2D eigenvalue weighted by atomic mass is 35.5. The number of nitrogens with zero attached hydrogens (tertiary/aromatic N) is 2. The number of hydrogen-bond donors (Lipinski definition) is 3. The Bertz CT molecular complexity index is 1280. The van der Waals surface area contributed by atoms with Crippen LogP contribution in [0.3, 0.4) is 0 Å². The molecule has 0 saturated carbocycles. The molecule has 1 aliphatic rings. The van der Waals surface area contributed by atoms with Gasteiger partial charge in [-0.2, -0.15) is 0 Å². The Kier molecular flexibility index (Phi) is 6.06. The zero-order valence-electron chi connectivity index (χ0n) is 18.0. The first-order valence-corrected chi connectivity index (χ1v) is 12.4. The van der Waals surface area contributed by atoms with Crippen LogP contribution < -0.4 is 14.9 Å².